The fraction of sp³-hybridized carbons (Fsp3) is 0.138. The van der Waals surface area contributed by atoms with Crippen molar-refractivity contribution in [2.45, 2.75) is 26.7 Å². The number of urea groups is 1. The van der Waals surface area contributed by atoms with E-state index in [1.54, 1.807) is 16.9 Å². The molecule has 3 aromatic heterocycles. The van der Waals surface area contributed by atoms with E-state index in [9.17, 15) is 14.0 Å². The van der Waals surface area contributed by atoms with Crippen LogP contribution in [0.3, 0.4) is 0 Å². The van der Waals surface area contributed by atoms with Gasteiger partial charge in [0.15, 0.2) is 11.6 Å². The molecule has 0 saturated carbocycles. The molecule has 5 rings (SSSR count). The highest BCUT2D eigenvalue weighted by Gasteiger charge is 2.16. The van der Waals surface area contributed by atoms with Gasteiger partial charge < -0.3 is 15.4 Å². The third-order valence-electron chi connectivity index (χ3n) is 5.85. The van der Waals surface area contributed by atoms with Crippen LogP contribution in [-0.4, -0.2) is 31.7 Å². The van der Waals surface area contributed by atoms with Gasteiger partial charge in [0.05, 0.1) is 16.9 Å². The van der Waals surface area contributed by atoms with Crippen molar-refractivity contribution in [1.82, 2.24) is 19.7 Å². The second-order valence-corrected chi connectivity index (χ2v) is 9.29. The molecule has 0 bridgehead atoms. The van der Waals surface area contributed by atoms with Crippen molar-refractivity contribution in [3.8, 4) is 17.2 Å². The van der Waals surface area contributed by atoms with Crippen molar-refractivity contribution >= 4 is 40.2 Å². The zero-order valence-electron chi connectivity index (χ0n) is 22.0. The van der Waals surface area contributed by atoms with Gasteiger partial charge in [0.1, 0.15) is 17.4 Å². The number of hydrogen-bond acceptors (Lipinski definition) is 6. The molecule has 0 unspecified atom stereocenters. The molecule has 10 nitrogen and oxygen atoms in total. The highest BCUT2D eigenvalue weighted by Crippen LogP contribution is 2.28. The van der Waals surface area contributed by atoms with Crippen LogP contribution in [0.1, 0.15) is 32.4 Å². The van der Waals surface area contributed by atoms with Crippen LogP contribution >= 0.6 is 0 Å². The largest absolute Gasteiger partial charge is 0.454 e. The number of benzene rings is 2. The van der Waals surface area contributed by atoms with E-state index in [-0.39, 0.29) is 34.8 Å². The molecule has 0 aliphatic rings. The number of ether oxygens (including phenoxy) is 1. The van der Waals surface area contributed by atoms with Crippen LogP contribution in [0.4, 0.5) is 26.5 Å². The maximum atomic E-state index is 14.8. The lowest BCUT2D eigenvalue weighted by molar-refractivity contribution is -0.114. The monoisotopic (exact) mass is 539 g/mol. The lowest BCUT2D eigenvalue weighted by Crippen LogP contribution is -2.21. The topological polar surface area (TPSA) is 123 Å². The molecule has 202 valence electrons. The second kappa shape index (κ2) is 11.2. The molecule has 0 spiro atoms. The highest BCUT2D eigenvalue weighted by molar-refractivity contribution is 5.99. The molecular weight excluding hydrogens is 513 g/mol. The summed E-state index contributed by atoms with van der Waals surface area (Å²) in [6.07, 6.45) is 3.16. The van der Waals surface area contributed by atoms with Crippen LogP contribution in [0, 0.1) is 5.82 Å². The van der Waals surface area contributed by atoms with Crippen molar-refractivity contribution in [2.24, 2.45) is 0 Å². The Kier molecular flexibility index (Phi) is 7.36. The molecule has 2 aromatic carbocycles. The minimum atomic E-state index is -0.687. The van der Waals surface area contributed by atoms with Crippen LogP contribution in [0.5, 0.6) is 11.5 Å². The average molecular weight is 540 g/mol. The predicted octanol–water partition coefficient (Wildman–Crippen LogP) is 6.47. The summed E-state index contributed by atoms with van der Waals surface area (Å²) in [4.78, 5) is 32.5. The predicted molar refractivity (Wildman–Crippen MR) is 151 cm³/mol. The van der Waals surface area contributed by atoms with Gasteiger partial charge in [-0.2, -0.15) is 5.10 Å². The first kappa shape index (κ1) is 26.3. The molecule has 0 aliphatic heterocycles. The molecule has 5 aromatic rings. The van der Waals surface area contributed by atoms with Gasteiger partial charge in [-0.05, 0) is 48.4 Å². The Morgan fingerprint density at radius 3 is 2.55 bits per heavy atom. The van der Waals surface area contributed by atoms with Crippen molar-refractivity contribution in [2.75, 3.05) is 16.0 Å². The van der Waals surface area contributed by atoms with Gasteiger partial charge >= 0.3 is 6.03 Å². The summed E-state index contributed by atoms with van der Waals surface area (Å²) in [5, 5.41) is 13.6. The van der Waals surface area contributed by atoms with E-state index in [2.05, 4.69) is 31.0 Å². The molecule has 11 heteroatoms. The first-order chi connectivity index (χ1) is 19.2. The van der Waals surface area contributed by atoms with E-state index in [1.807, 2.05) is 44.2 Å². The van der Waals surface area contributed by atoms with Crippen molar-refractivity contribution in [3.63, 3.8) is 0 Å². The van der Waals surface area contributed by atoms with Gasteiger partial charge in [0.25, 0.3) is 0 Å². The van der Waals surface area contributed by atoms with E-state index in [4.69, 9.17) is 4.74 Å². The quantitative estimate of drug-likeness (QED) is 0.218. The van der Waals surface area contributed by atoms with Crippen molar-refractivity contribution < 1.29 is 18.7 Å². The molecule has 40 heavy (non-hydrogen) atoms. The minimum absolute atomic E-state index is 0.0589. The number of rotatable bonds is 7. The standard InChI is InChI=1S/C29H26FN7O3/c1-17(2)25-16-28(37(36-25)21-7-8-24-19(13-21)5-4-11-31-24)35-29(39)34-20-6-9-26(23(30)14-20)40-22-10-12-32-27(15-22)33-18(3)38/h4-17H,1-3H3,(H,32,33,38)(H2,34,35,39). The number of nitrogens with zero attached hydrogens (tertiary/aromatic N) is 4. The molecule has 0 aliphatic carbocycles. The van der Waals surface area contributed by atoms with Gasteiger partial charge in [0, 0.05) is 48.6 Å². The lowest BCUT2D eigenvalue weighted by Gasteiger charge is -2.12. The molecule has 3 heterocycles. The number of carbonyl (C=O) groups is 2. The van der Waals surface area contributed by atoms with E-state index >= 15 is 0 Å². The third-order valence-corrected chi connectivity index (χ3v) is 5.85. The van der Waals surface area contributed by atoms with E-state index in [0.717, 1.165) is 28.4 Å². The number of nitrogens with one attached hydrogen (secondary N) is 3. The maximum Gasteiger partial charge on any atom is 0.324 e. The maximum absolute atomic E-state index is 14.8. The smallest absolute Gasteiger partial charge is 0.324 e. The number of halogens is 1. The molecule has 0 fully saturated rings. The zero-order chi connectivity index (χ0) is 28.2. The number of carbonyl (C=O) groups excluding carboxylic acids is 2. The summed E-state index contributed by atoms with van der Waals surface area (Å²) in [5.41, 5.74) is 2.63. The van der Waals surface area contributed by atoms with Gasteiger partial charge in [0.2, 0.25) is 5.91 Å². The zero-order valence-corrected chi connectivity index (χ0v) is 22.0. The average Bonchev–Trinajstić information content (AvgIpc) is 3.34. The van der Waals surface area contributed by atoms with Crippen LogP contribution in [0.15, 0.2) is 79.1 Å². The Hall–Kier alpha value is -5.32. The first-order valence-corrected chi connectivity index (χ1v) is 12.5. The van der Waals surface area contributed by atoms with Gasteiger partial charge in [-0.15, -0.1) is 0 Å². The summed E-state index contributed by atoms with van der Waals surface area (Å²) < 4.78 is 22.1. The third kappa shape index (κ3) is 6.04. The Bertz CT molecular complexity index is 1720. The Morgan fingerprint density at radius 1 is 0.925 bits per heavy atom. The van der Waals surface area contributed by atoms with E-state index < -0.39 is 11.8 Å². The number of aromatic nitrogens is 4. The minimum Gasteiger partial charge on any atom is -0.454 e. The lowest BCUT2D eigenvalue weighted by atomic mass is 10.1. The number of pyridine rings is 2. The van der Waals surface area contributed by atoms with E-state index in [1.165, 1.54) is 37.4 Å². The van der Waals surface area contributed by atoms with Gasteiger partial charge in [-0.25, -0.2) is 18.9 Å². The number of fused-ring (bicyclic) bond motifs is 1. The fourth-order valence-corrected chi connectivity index (χ4v) is 3.95. The molecule has 3 amide bonds. The van der Waals surface area contributed by atoms with Gasteiger partial charge in [-0.1, -0.05) is 19.9 Å². The van der Waals surface area contributed by atoms with Gasteiger partial charge in [-0.3, -0.25) is 15.1 Å². The Labute approximate surface area is 229 Å². The summed E-state index contributed by atoms with van der Waals surface area (Å²) >= 11 is 0. The molecule has 0 radical (unpaired) electrons. The van der Waals surface area contributed by atoms with E-state index in [0.29, 0.717) is 5.82 Å². The number of amides is 3. The molecule has 0 atom stereocenters. The second-order valence-electron chi connectivity index (χ2n) is 9.29. The van der Waals surface area contributed by atoms with Crippen molar-refractivity contribution in [1.29, 1.82) is 0 Å². The Balaban J connectivity index is 1.32. The van der Waals surface area contributed by atoms with Crippen LogP contribution < -0.4 is 20.7 Å². The SMILES string of the molecule is CC(=O)Nc1cc(Oc2ccc(NC(=O)Nc3cc(C(C)C)nn3-c3ccc4ncccc4c3)cc2F)ccn1. The summed E-state index contributed by atoms with van der Waals surface area (Å²) in [6.45, 7) is 5.38. The van der Waals surface area contributed by atoms with Crippen molar-refractivity contribution in [3.05, 3.63) is 90.6 Å². The Morgan fingerprint density at radius 2 is 1.77 bits per heavy atom. The van der Waals surface area contributed by atoms with Crippen LogP contribution in [0.25, 0.3) is 16.6 Å². The molecule has 3 N–H and O–H groups in total. The first-order valence-electron chi connectivity index (χ1n) is 12.5. The molecular formula is C29H26FN7O3. The summed E-state index contributed by atoms with van der Waals surface area (Å²) in [7, 11) is 0. The molecule has 0 saturated heterocycles. The highest BCUT2D eigenvalue weighted by atomic mass is 19.1. The summed E-state index contributed by atoms with van der Waals surface area (Å²) in [6, 6.07) is 17.8. The van der Waals surface area contributed by atoms with Crippen LogP contribution in [0.2, 0.25) is 0 Å². The summed E-state index contributed by atoms with van der Waals surface area (Å²) in [5.74, 6) is 0.114. The van der Waals surface area contributed by atoms with Crippen LogP contribution in [-0.2, 0) is 4.79 Å². The fourth-order valence-electron chi connectivity index (χ4n) is 3.95. The normalized spacial score (nSPS) is 10.9. The number of hydrogen-bond donors (Lipinski definition) is 3. The number of anilines is 3.